The number of hydrogen-bond acceptors (Lipinski definition) is 8. The molecule has 1 aromatic carbocycles. The highest BCUT2D eigenvalue weighted by Gasteiger charge is 2.22. The number of hydrogen-bond donors (Lipinski definition) is 2. The van der Waals surface area contributed by atoms with Crippen LogP contribution in [-0.4, -0.2) is 52.4 Å². The smallest absolute Gasteiger partial charge is 0.303 e. The summed E-state index contributed by atoms with van der Waals surface area (Å²) in [6.07, 6.45) is 5.86. The van der Waals surface area contributed by atoms with Gasteiger partial charge in [0, 0.05) is 41.8 Å². The molecule has 0 spiro atoms. The molecule has 10 nitrogen and oxygen atoms in total. The molecule has 2 N–H and O–H groups in total. The Morgan fingerprint density at radius 1 is 1.10 bits per heavy atom. The lowest BCUT2D eigenvalue weighted by atomic mass is 10.0. The van der Waals surface area contributed by atoms with Gasteiger partial charge in [-0.2, -0.15) is 4.98 Å². The predicted octanol–water partition coefficient (Wildman–Crippen LogP) is 5.09. The van der Waals surface area contributed by atoms with E-state index in [1.54, 1.807) is 7.11 Å². The van der Waals surface area contributed by atoms with Crippen LogP contribution in [0.25, 0.3) is 22.8 Å². The molecule has 0 radical (unpaired) electrons. The van der Waals surface area contributed by atoms with Crippen molar-refractivity contribution < 1.29 is 28.7 Å². The number of amides is 1. The summed E-state index contributed by atoms with van der Waals surface area (Å²) in [5.41, 5.74) is 4.62. The first kappa shape index (κ1) is 28.1. The maximum Gasteiger partial charge on any atom is 0.303 e. The van der Waals surface area contributed by atoms with Crippen molar-refractivity contribution in [1.82, 2.24) is 20.4 Å². The van der Waals surface area contributed by atoms with Crippen molar-refractivity contribution in [3.8, 4) is 34.5 Å². The number of carboxylic acids is 1. The van der Waals surface area contributed by atoms with Gasteiger partial charge in [0.1, 0.15) is 5.75 Å². The summed E-state index contributed by atoms with van der Waals surface area (Å²) in [7, 11) is 1.61. The molecule has 0 aliphatic heterocycles. The van der Waals surface area contributed by atoms with Crippen molar-refractivity contribution in [1.29, 1.82) is 0 Å². The number of rotatable bonds is 13. The van der Waals surface area contributed by atoms with E-state index >= 15 is 0 Å². The zero-order chi connectivity index (χ0) is 27.8. The fourth-order valence-corrected chi connectivity index (χ4v) is 4.87. The Balaban J connectivity index is 1.43. The number of ether oxygens (including phenoxy) is 2. The lowest BCUT2D eigenvalue weighted by Crippen LogP contribution is -2.26. The lowest BCUT2D eigenvalue weighted by Gasteiger charge is -2.15. The summed E-state index contributed by atoms with van der Waals surface area (Å²) in [5.74, 6) is 1.44. The van der Waals surface area contributed by atoms with Gasteiger partial charge >= 0.3 is 5.97 Å². The molecule has 10 heteroatoms. The molecule has 1 amide bonds. The quantitative estimate of drug-likeness (QED) is 0.286. The second kappa shape index (κ2) is 13.2. The Morgan fingerprint density at radius 2 is 1.90 bits per heavy atom. The minimum absolute atomic E-state index is 0.0229. The molecule has 39 heavy (non-hydrogen) atoms. The van der Waals surface area contributed by atoms with Crippen LogP contribution in [0.5, 0.6) is 11.6 Å². The largest absolute Gasteiger partial charge is 0.493 e. The number of aliphatic carboxylic acids is 1. The molecule has 0 saturated heterocycles. The SMILES string of the molecule is CCc1cc(-c2noc(-c3cc(OC)nc(C4CCCC4)c3)n2)cc(C)c1OCCCNC(=O)CCC(=O)O. The third-order valence-electron chi connectivity index (χ3n) is 6.92. The third-order valence-corrected chi connectivity index (χ3v) is 6.92. The summed E-state index contributed by atoms with van der Waals surface area (Å²) in [5, 5.41) is 15.6. The van der Waals surface area contributed by atoms with E-state index in [0.29, 0.717) is 43.1 Å². The van der Waals surface area contributed by atoms with Crippen LogP contribution >= 0.6 is 0 Å². The number of nitrogens with zero attached hydrogens (tertiary/aromatic N) is 3. The summed E-state index contributed by atoms with van der Waals surface area (Å²) in [6.45, 7) is 4.88. The Hall–Kier alpha value is -3.95. The molecule has 0 bridgehead atoms. The average Bonchev–Trinajstić information content (AvgIpc) is 3.65. The van der Waals surface area contributed by atoms with Gasteiger partial charge in [-0.05, 0) is 61.9 Å². The molecule has 2 heterocycles. The number of pyridine rings is 1. The Kier molecular flexibility index (Phi) is 9.51. The Morgan fingerprint density at radius 3 is 2.62 bits per heavy atom. The van der Waals surface area contributed by atoms with Crippen LogP contribution in [-0.2, 0) is 16.0 Å². The topological polar surface area (TPSA) is 137 Å². The normalized spacial score (nSPS) is 13.4. The number of nitrogens with one attached hydrogen (secondary N) is 1. The number of methoxy groups -OCH3 is 1. The first-order chi connectivity index (χ1) is 18.9. The maximum atomic E-state index is 11.7. The van der Waals surface area contributed by atoms with Crippen molar-refractivity contribution in [2.45, 2.75) is 71.1 Å². The van der Waals surface area contributed by atoms with Gasteiger partial charge in [-0.25, -0.2) is 4.98 Å². The van der Waals surface area contributed by atoms with Gasteiger partial charge in [0.2, 0.25) is 17.6 Å². The Labute approximate surface area is 228 Å². The van der Waals surface area contributed by atoms with E-state index < -0.39 is 5.97 Å². The van der Waals surface area contributed by atoms with Crippen LogP contribution in [0.2, 0.25) is 0 Å². The van der Waals surface area contributed by atoms with Crippen LogP contribution < -0.4 is 14.8 Å². The Bertz CT molecular complexity index is 1300. The molecule has 0 unspecified atom stereocenters. The average molecular weight is 537 g/mol. The first-order valence-electron chi connectivity index (χ1n) is 13.5. The molecule has 4 rings (SSSR count). The predicted molar refractivity (Wildman–Crippen MR) is 145 cm³/mol. The zero-order valence-corrected chi connectivity index (χ0v) is 22.8. The number of aromatic nitrogens is 3. The number of carbonyl (C=O) groups excluding carboxylic acids is 1. The van der Waals surface area contributed by atoms with Gasteiger partial charge < -0.3 is 24.4 Å². The molecular formula is C29H36N4O6. The number of benzene rings is 1. The van der Waals surface area contributed by atoms with Gasteiger partial charge in [0.25, 0.3) is 5.89 Å². The zero-order valence-electron chi connectivity index (χ0n) is 22.8. The summed E-state index contributed by atoms with van der Waals surface area (Å²) in [4.78, 5) is 31.6. The summed E-state index contributed by atoms with van der Waals surface area (Å²) >= 11 is 0. The van der Waals surface area contributed by atoms with E-state index in [9.17, 15) is 9.59 Å². The molecule has 3 aromatic rings. The highest BCUT2D eigenvalue weighted by Crippen LogP contribution is 2.36. The van der Waals surface area contributed by atoms with Crippen molar-refractivity contribution in [2.75, 3.05) is 20.3 Å². The second-order valence-electron chi connectivity index (χ2n) is 9.81. The fraction of sp³-hybridized carbons (Fsp3) is 0.483. The van der Waals surface area contributed by atoms with E-state index in [2.05, 4.69) is 22.4 Å². The van der Waals surface area contributed by atoms with Crippen LogP contribution in [0.4, 0.5) is 0 Å². The molecule has 208 valence electrons. The highest BCUT2D eigenvalue weighted by atomic mass is 16.5. The van der Waals surface area contributed by atoms with E-state index in [4.69, 9.17) is 24.1 Å². The first-order valence-corrected chi connectivity index (χ1v) is 13.5. The highest BCUT2D eigenvalue weighted by molar-refractivity contribution is 5.80. The lowest BCUT2D eigenvalue weighted by molar-refractivity contribution is -0.138. The van der Waals surface area contributed by atoms with Gasteiger partial charge in [-0.1, -0.05) is 24.9 Å². The van der Waals surface area contributed by atoms with E-state index in [1.807, 2.05) is 31.2 Å². The van der Waals surface area contributed by atoms with E-state index in [-0.39, 0.29) is 18.7 Å². The fourth-order valence-electron chi connectivity index (χ4n) is 4.87. The van der Waals surface area contributed by atoms with Gasteiger partial charge in [-0.15, -0.1) is 0 Å². The van der Waals surface area contributed by atoms with Crippen molar-refractivity contribution in [3.63, 3.8) is 0 Å². The van der Waals surface area contributed by atoms with Crippen molar-refractivity contribution >= 4 is 11.9 Å². The minimum Gasteiger partial charge on any atom is -0.493 e. The monoisotopic (exact) mass is 536 g/mol. The number of aryl methyl sites for hydroxylation is 2. The number of carboxylic acid groups (broad SMARTS) is 1. The molecule has 1 aliphatic rings. The van der Waals surface area contributed by atoms with Crippen LogP contribution in [0.3, 0.4) is 0 Å². The maximum absolute atomic E-state index is 11.7. The van der Waals surface area contributed by atoms with Crippen molar-refractivity contribution in [3.05, 3.63) is 41.1 Å². The third kappa shape index (κ3) is 7.34. The molecule has 1 fully saturated rings. The van der Waals surface area contributed by atoms with E-state index in [0.717, 1.165) is 53.0 Å². The number of carbonyl (C=O) groups is 2. The summed E-state index contributed by atoms with van der Waals surface area (Å²) < 4.78 is 17.2. The van der Waals surface area contributed by atoms with Crippen LogP contribution in [0, 0.1) is 6.92 Å². The van der Waals surface area contributed by atoms with Gasteiger partial charge in [-0.3, -0.25) is 9.59 Å². The second-order valence-corrected chi connectivity index (χ2v) is 9.81. The minimum atomic E-state index is -0.984. The van der Waals surface area contributed by atoms with Crippen LogP contribution in [0.1, 0.15) is 74.6 Å². The molecule has 1 aliphatic carbocycles. The molecular weight excluding hydrogens is 500 g/mol. The van der Waals surface area contributed by atoms with Crippen LogP contribution in [0.15, 0.2) is 28.8 Å². The van der Waals surface area contributed by atoms with Crippen molar-refractivity contribution in [2.24, 2.45) is 0 Å². The van der Waals surface area contributed by atoms with Gasteiger partial charge in [0.15, 0.2) is 0 Å². The van der Waals surface area contributed by atoms with E-state index in [1.165, 1.54) is 12.8 Å². The molecule has 0 atom stereocenters. The van der Waals surface area contributed by atoms with Gasteiger partial charge in [0.05, 0.1) is 20.1 Å². The standard InChI is InChI=1S/C29H36N4O6/c1-4-19-15-21(14-18(2)27(19)38-13-7-12-30-24(34)10-11-26(35)36)28-32-29(39-33-28)22-16-23(20-8-5-6-9-20)31-25(17-22)37-3/h14-17,20H,4-13H2,1-3H3,(H,30,34)(H,35,36). The summed E-state index contributed by atoms with van der Waals surface area (Å²) in [6, 6.07) is 7.85. The molecule has 2 aromatic heterocycles. The molecule has 1 saturated carbocycles.